The zero-order chi connectivity index (χ0) is 22.4. The third-order valence-electron chi connectivity index (χ3n) is 6.37. The minimum absolute atomic E-state index is 0.105. The van der Waals surface area contributed by atoms with Crippen LogP contribution >= 0.6 is 0 Å². The summed E-state index contributed by atoms with van der Waals surface area (Å²) in [5.74, 6) is 3.22. The van der Waals surface area contributed by atoms with Crippen LogP contribution in [0.5, 0.6) is 0 Å². The number of hydrogen-bond acceptors (Lipinski definition) is 4. The fourth-order valence-corrected chi connectivity index (χ4v) is 4.48. The lowest BCUT2D eigenvalue weighted by atomic mass is 9.92. The molecule has 1 aromatic heterocycles. The van der Waals surface area contributed by atoms with E-state index in [1.165, 1.54) is 30.4 Å². The minimum Gasteiger partial charge on any atom is -0.330 e. The summed E-state index contributed by atoms with van der Waals surface area (Å²) in [6.07, 6.45) is 8.52. The number of ketones is 1. The largest absolute Gasteiger partial charge is 0.330 e. The molecule has 170 valence electrons. The Balaban J connectivity index is 1.75. The number of Topliss-reactive ketones (excluding diaryl/α,β-unsaturated/α-hetero) is 1. The highest BCUT2D eigenvalue weighted by atomic mass is 16.1. The van der Waals surface area contributed by atoms with Crippen LogP contribution in [0.3, 0.4) is 0 Å². The number of carbonyl (C=O) groups excluding carboxylic acids is 1. The number of carbonyl (C=O) groups is 1. The normalized spacial score (nSPS) is 14.9. The number of aromatic nitrogens is 3. The van der Waals surface area contributed by atoms with Crippen molar-refractivity contribution in [2.75, 3.05) is 6.54 Å². The summed E-state index contributed by atoms with van der Waals surface area (Å²) in [6, 6.07) is 6.86. The van der Waals surface area contributed by atoms with Crippen LogP contribution in [0.25, 0.3) is 0 Å². The predicted octanol–water partition coefficient (Wildman–Crippen LogP) is 5.23. The van der Waals surface area contributed by atoms with E-state index in [-0.39, 0.29) is 11.7 Å². The van der Waals surface area contributed by atoms with Crippen molar-refractivity contribution < 1.29 is 4.79 Å². The third-order valence-corrected chi connectivity index (χ3v) is 6.37. The van der Waals surface area contributed by atoms with E-state index in [1.54, 1.807) is 0 Å². The highest BCUT2D eigenvalue weighted by Gasteiger charge is 2.32. The van der Waals surface area contributed by atoms with Crippen molar-refractivity contribution in [2.24, 2.45) is 11.7 Å². The third kappa shape index (κ3) is 6.73. The smallest absolute Gasteiger partial charge is 0.138 e. The van der Waals surface area contributed by atoms with Crippen LogP contribution in [-0.4, -0.2) is 27.1 Å². The Morgan fingerprint density at radius 2 is 1.94 bits per heavy atom. The maximum atomic E-state index is 13.1. The van der Waals surface area contributed by atoms with E-state index < -0.39 is 0 Å². The van der Waals surface area contributed by atoms with E-state index in [2.05, 4.69) is 60.7 Å². The van der Waals surface area contributed by atoms with E-state index in [0.717, 1.165) is 42.9 Å². The summed E-state index contributed by atoms with van der Waals surface area (Å²) in [5, 5.41) is 9.23. The van der Waals surface area contributed by atoms with Gasteiger partial charge in [-0.1, -0.05) is 44.0 Å². The lowest BCUT2D eigenvalue weighted by molar-refractivity contribution is -0.118. The van der Waals surface area contributed by atoms with Crippen LogP contribution in [0, 0.1) is 19.8 Å². The van der Waals surface area contributed by atoms with Crippen molar-refractivity contribution in [3.63, 3.8) is 0 Å². The molecular weight excluding hydrogens is 384 g/mol. The van der Waals surface area contributed by atoms with E-state index in [4.69, 9.17) is 5.73 Å². The number of benzene rings is 1. The second-order valence-corrected chi connectivity index (χ2v) is 9.84. The number of nitrogens with two attached hydrogens (primary N) is 1. The van der Waals surface area contributed by atoms with Gasteiger partial charge < -0.3 is 10.3 Å². The Morgan fingerprint density at radius 1 is 1.16 bits per heavy atom. The number of nitrogens with zero attached hydrogens (tertiary/aromatic N) is 3. The first kappa shape index (κ1) is 23.6. The molecule has 1 saturated carbocycles. The summed E-state index contributed by atoms with van der Waals surface area (Å²) >= 11 is 0. The molecule has 5 heteroatoms. The van der Waals surface area contributed by atoms with Crippen molar-refractivity contribution in [1.29, 1.82) is 0 Å². The standard InChI is InChI=1S/C26H40N4O/c1-18(2)7-5-9-25-28-29-26(30(25)23-12-13-23)22(8-6-14-27)17-24(31)16-21-11-10-19(3)15-20(21)4/h10-11,15,18,22-23H,5-9,12-14,16-17,27H2,1-4H3. The first-order chi connectivity index (χ1) is 14.9. The molecule has 0 amide bonds. The molecule has 1 aliphatic carbocycles. The van der Waals surface area contributed by atoms with E-state index in [1.807, 2.05) is 0 Å². The van der Waals surface area contributed by atoms with Crippen LogP contribution in [0.1, 0.15) is 99.1 Å². The Bertz CT molecular complexity index is 866. The number of aryl methyl sites for hydroxylation is 3. The molecular formula is C26H40N4O. The topological polar surface area (TPSA) is 73.8 Å². The average Bonchev–Trinajstić information content (AvgIpc) is 3.47. The molecule has 0 aliphatic heterocycles. The van der Waals surface area contributed by atoms with Crippen LogP contribution in [0.15, 0.2) is 18.2 Å². The number of hydrogen-bond donors (Lipinski definition) is 1. The zero-order valence-corrected chi connectivity index (χ0v) is 19.9. The van der Waals surface area contributed by atoms with Gasteiger partial charge in [-0.3, -0.25) is 4.79 Å². The molecule has 1 aliphatic rings. The fourth-order valence-electron chi connectivity index (χ4n) is 4.48. The lowest BCUT2D eigenvalue weighted by Gasteiger charge is -2.18. The SMILES string of the molecule is Cc1ccc(CC(=O)CC(CCCN)c2nnc(CCCC(C)C)n2C2CC2)c(C)c1. The summed E-state index contributed by atoms with van der Waals surface area (Å²) < 4.78 is 2.38. The summed E-state index contributed by atoms with van der Waals surface area (Å²) in [4.78, 5) is 13.1. The molecule has 0 saturated heterocycles. The molecule has 1 atom stereocenters. The quantitative estimate of drug-likeness (QED) is 0.477. The van der Waals surface area contributed by atoms with Crippen molar-refractivity contribution in [3.8, 4) is 0 Å². The monoisotopic (exact) mass is 424 g/mol. The van der Waals surface area contributed by atoms with Gasteiger partial charge >= 0.3 is 0 Å². The van der Waals surface area contributed by atoms with E-state index in [0.29, 0.717) is 31.3 Å². The molecule has 1 heterocycles. The molecule has 0 spiro atoms. The summed E-state index contributed by atoms with van der Waals surface area (Å²) in [7, 11) is 0. The molecule has 31 heavy (non-hydrogen) atoms. The van der Waals surface area contributed by atoms with Gasteiger partial charge in [0.15, 0.2) is 0 Å². The maximum absolute atomic E-state index is 13.1. The molecule has 0 bridgehead atoms. The lowest BCUT2D eigenvalue weighted by Crippen LogP contribution is -2.17. The zero-order valence-electron chi connectivity index (χ0n) is 19.9. The van der Waals surface area contributed by atoms with Crippen molar-refractivity contribution in [2.45, 2.75) is 97.4 Å². The molecule has 0 radical (unpaired) electrons. The van der Waals surface area contributed by atoms with Gasteiger partial charge in [-0.25, -0.2) is 0 Å². The molecule has 1 unspecified atom stereocenters. The van der Waals surface area contributed by atoms with Gasteiger partial charge in [0.2, 0.25) is 0 Å². The predicted molar refractivity (Wildman–Crippen MR) is 126 cm³/mol. The molecule has 5 nitrogen and oxygen atoms in total. The van der Waals surface area contributed by atoms with E-state index in [9.17, 15) is 4.79 Å². The number of rotatable bonds is 13. The van der Waals surface area contributed by atoms with Crippen LogP contribution in [0.4, 0.5) is 0 Å². The molecule has 2 aromatic rings. The highest BCUT2D eigenvalue weighted by molar-refractivity contribution is 5.82. The minimum atomic E-state index is 0.105. The van der Waals surface area contributed by atoms with Gasteiger partial charge in [0.1, 0.15) is 17.4 Å². The molecule has 2 N–H and O–H groups in total. The Morgan fingerprint density at radius 3 is 2.58 bits per heavy atom. The van der Waals surface area contributed by atoms with Crippen LogP contribution in [-0.2, 0) is 17.6 Å². The van der Waals surface area contributed by atoms with Gasteiger partial charge in [-0.15, -0.1) is 10.2 Å². The first-order valence-corrected chi connectivity index (χ1v) is 12.1. The van der Waals surface area contributed by atoms with Gasteiger partial charge in [0, 0.05) is 31.2 Å². The average molecular weight is 425 g/mol. The Hall–Kier alpha value is -2.01. The van der Waals surface area contributed by atoms with Gasteiger partial charge in [-0.2, -0.15) is 0 Å². The van der Waals surface area contributed by atoms with Crippen molar-refractivity contribution in [1.82, 2.24) is 14.8 Å². The second-order valence-electron chi connectivity index (χ2n) is 9.84. The molecule has 1 aromatic carbocycles. The van der Waals surface area contributed by atoms with Crippen LogP contribution in [0.2, 0.25) is 0 Å². The van der Waals surface area contributed by atoms with Crippen LogP contribution < -0.4 is 5.73 Å². The van der Waals surface area contributed by atoms with Crippen molar-refractivity contribution >= 4 is 5.78 Å². The fraction of sp³-hybridized carbons (Fsp3) is 0.654. The first-order valence-electron chi connectivity index (χ1n) is 12.1. The summed E-state index contributed by atoms with van der Waals surface area (Å²) in [5.41, 5.74) is 9.38. The van der Waals surface area contributed by atoms with Gasteiger partial charge in [0.05, 0.1) is 0 Å². The Kier molecular flexibility index (Phi) is 8.42. The summed E-state index contributed by atoms with van der Waals surface area (Å²) in [6.45, 7) is 9.35. The molecule has 3 rings (SSSR count). The second kappa shape index (κ2) is 11.0. The maximum Gasteiger partial charge on any atom is 0.138 e. The van der Waals surface area contributed by atoms with Crippen molar-refractivity contribution in [3.05, 3.63) is 46.5 Å². The molecule has 1 fully saturated rings. The highest BCUT2D eigenvalue weighted by Crippen LogP contribution is 2.39. The van der Waals surface area contributed by atoms with Gasteiger partial charge in [0.25, 0.3) is 0 Å². The Labute approximate surface area is 187 Å². The van der Waals surface area contributed by atoms with E-state index >= 15 is 0 Å². The van der Waals surface area contributed by atoms with Gasteiger partial charge in [-0.05, 0) is 69.5 Å².